The molecule has 2 N–H and O–H groups in total. The second-order valence-electron chi connectivity index (χ2n) is 31.3. The van der Waals surface area contributed by atoms with Crippen molar-refractivity contribution in [1.29, 1.82) is 0 Å². The van der Waals surface area contributed by atoms with Gasteiger partial charge in [0.2, 0.25) is 17.5 Å². The van der Waals surface area contributed by atoms with Crippen LogP contribution in [0.15, 0.2) is 79.0 Å². The molecule has 3 unspecified atom stereocenters. The van der Waals surface area contributed by atoms with E-state index in [1.165, 1.54) is 20.4 Å². The summed E-state index contributed by atoms with van der Waals surface area (Å²) in [4.78, 5) is 112. The average Bonchev–Trinajstić information content (AvgIpc) is 1.58. The number of carbonyl (C=O) groups excluding carboxylic acids is 6. The van der Waals surface area contributed by atoms with E-state index in [4.69, 9.17) is 66.2 Å². The molecule has 12 heterocycles. The lowest BCUT2D eigenvalue weighted by Gasteiger charge is -2.33. The zero-order valence-corrected chi connectivity index (χ0v) is 80.8. The predicted octanol–water partition coefficient (Wildman–Crippen LogP) is 14.1. The molecule has 0 spiro atoms. The Morgan fingerprint density at radius 2 is 0.917 bits per heavy atom. The molecule has 0 saturated carbocycles. The van der Waals surface area contributed by atoms with Crippen molar-refractivity contribution in [2.45, 2.75) is 154 Å². The number of nitrogens with one attached hydrogen (secondary N) is 1. The zero-order chi connectivity index (χ0) is 98.6. The van der Waals surface area contributed by atoms with Crippen LogP contribution in [0.2, 0.25) is 0 Å². The number of carbonyl (C=O) groups is 6. The van der Waals surface area contributed by atoms with Crippen molar-refractivity contribution in [3.8, 4) is 23.5 Å². The molecule has 4 aliphatic heterocycles. The Kier molecular flexibility index (Phi) is 37.1. The van der Waals surface area contributed by atoms with Gasteiger partial charge in [0.25, 0.3) is 11.8 Å². The minimum absolute atomic E-state index is 0.0346. The molecule has 0 bridgehead atoms. The predicted molar refractivity (Wildman–Crippen MR) is 492 cm³/mol. The number of aromatic nitrogens is 8. The number of nitro groups is 2. The van der Waals surface area contributed by atoms with Crippen LogP contribution in [0, 0.1) is 54.8 Å². The number of aliphatic hydroxyl groups is 1. The Labute approximate surface area is 767 Å². The van der Waals surface area contributed by atoms with Crippen molar-refractivity contribution in [2.75, 3.05) is 104 Å². The molecule has 8 aromatic heterocycles. The maximum absolute atomic E-state index is 12.4. The van der Waals surface area contributed by atoms with E-state index in [-0.39, 0.29) is 78.1 Å². The zero-order valence-electron chi connectivity index (χ0n) is 80.8. The van der Waals surface area contributed by atoms with Crippen LogP contribution in [0.25, 0.3) is 39.7 Å². The fraction of sp³-hybridized carbons (Fsp3) is 0.457. The lowest BCUT2D eigenvalue weighted by Crippen LogP contribution is -2.41. The molecule has 0 radical (unpaired) electrons. The Hall–Kier alpha value is -13.4. The average molecular weight is 1840 g/mol. The molecule has 0 aromatic carbocycles. The number of rotatable bonds is 23. The second kappa shape index (κ2) is 46.4. The molecular formula is C92H122BN13O26. The van der Waals surface area contributed by atoms with Crippen LogP contribution in [-0.2, 0) is 96.1 Å². The molecule has 8 aromatic rings. The van der Waals surface area contributed by atoms with Gasteiger partial charge in [0, 0.05) is 164 Å². The van der Waals surface area contributed by atoms with Crippen LogP contribution in [0.1, 0.15) is 222 Å². The Morgan fingerprint density at radius 1 is 0.508 bits per heavy atom. The third-order valence-electron chi connectivity index (χ3n) is 22.3. The van der Waals surface area contributed by atoms with Gasteiger partial charge in [-0.25, -0.2) is 48.7 Å². The molecule has 1 aliphatic carbocycles. The van der Waals surface area contributed by atoms with Crippen LogP contribution in [-0.4, -0.2) is 221 Å². The van der Waals surface area contributed by atoms with Crippen molar-refractivity contribution >= 4 is 94.0 Å². The van der Waals surface area contributed by atoms with Crippen LogP contribution in [0.5, 0.6) is 23.5 Å². The van der Waals surface area contributed by atoms with Gasteiger partial charge in [-0.2, -0.15) is 0 Å². The number of fused-ring (bicyclic) bond motifs is 5. The summed E-state index contributed by atoms with van der Waals surface area (Å²) >= 11 is 0. The van der Waals surface area contributed by atoms with E-state index < -0.39 is 45.6 Å². The smallest absolute Gasteiger partial charge is 0.497 e. The van der Waals surface area contributed by atoms with Crippen molar-refractivity contribution in [3.05, 3.63) is 200 Å². The van der Waals surface area contributed by atoms with E-state index in [1.54, 1.807) is 128 Å². The number of pyridine rings is 4. The SMILES string of the molecule is CCOC(=O)/C(O)=C/c1c(C)cnc(OC)c1[N+](=O)[O-].CCOC(=O)C1=Cc2c(C)cnc(OC)c2C1.CCOC(=O)c1cc2c(C)cnc(OC)c2n1C.CCOC(=O)c1cc2c(n1C)C(OC)N(C)C=C2B1OC(C)(C)C(C)(C)O1.CCOC(=O)c1cc2c(n1C)C(OC)N(C)C=C2C.CCOC(=O)c1cc2c(n1C)C(OC)NC=C2C.COc1ncc(C)c(C)c1[N+](=O)[O-]. The van der Waals surface area contributed by atoms with Gasteiger partial charge in [0.05, 0.1) is 112 Å². The summed E-state index contributed by atoms with van der Waals surface area (Å²) in [6.07, 6.45) is 14.9. The van der Waals surface area contributed by atoms with E-state index in [9.17, 15) is 54.1 Å². The van der Waals surface area contributed by atoms with Crippen molar-refractivity contribution in [1.82, 2.24) is 53.3 Å². The number of hydrogen-bond donors (Lipinski definition) is 2. The van der Waals surface area contributed by atoms with E-state index in [0.717, 1.165) is 95.2 Å². The van der Waals surface area contributed by atoms with Gasteiger partial charge in [-0.1, -0.05) is 0 Å². The third-order valence-corrected chi connectivity index (χ3v) is 22.3. The van der Waals surface area contributed by atoms with Crippen LogP contribution in [0.3, 0.4) is 0 Å². The molecule has 0 amide bonds. The van der Waals surface area contributed by atoms with Gasteiger partial charge in [-0.05, 0) is 187 Å². The molecule has 13 rings (SSSR count). The van der Waals surface area contributed by atoms with E-state index in [1.807, 2.05) is 163 Å². The van der Waals surface area contributed by atoms with Crippen LogP contribution >= 0.6 is 0 Å². The summed E-state index contributed by atoms with van der Waals surface area (Å²) in [7, 11) is 21.4. The summed E-state index contributed by atoms with van der Waals surface area (Å²) in [5, 5.41) is 35.4. The topological polar surface area (TPSA) is 437 Å². The lowest BCUT2D eigenvalue weighted by molar-refractivity contribution is -0.386. The van der Waals surface area contributed by atoms with Crippen LogP contribution in [0.4, 0.5) is 11.4 Å². The highest BCUT2D eigenvalue weighted by atomic mass is 16.7. The molecule has 39 nitrogen and oxygen atoms in total. The fourth-order valence-electron chi connectivity index (χ4n) is 14.8. The molecule has 1 saturated heterocycles. The van der Waals surface area contributed by atoms with Crippen LogP contribution < -0.4 is 24.3 Å². The van der Waals surface area contributed by atoms with E-state index in [0.29, 0.717) is 90.7 Å². The Bertz CT molecular complexity index is 5740. The molecule has 132 heavy (non-hydrogen) atoms. The standard InChI is InChI=1S/C19H29BN2O5.C14H20N2O3.C13H18N2O3.C13H16N2O3.C13H15NO3.C12H14N2O6.C8H10N2O3/c1-9-25-17(23)14-10-12-13(20-26-18(2,3)19(4,5)27-20)11-21(6)16(24-8)15(12)22(14)7;1-6-19-14(17)11-7-10-9(2)8-15(3)13(18-5)12(10)16(11)4;2*1-5-18-13(16)10-6-9-8(2)7-14-12(17-4)11(9)15(10)3;1-4-17-13(15)9-5-10-8(2)7-14-12(16-3)11(10)6-9;1-4-20-12(16)9(15)5-8-7(2)6-13-11(19-3)10(8)14(17)18;1-5-4-9-8(13-3)7(6(5)2)10(11)12/h10-11,16H,9H2,1-8H3;7-8,13H,6H2,1-5H3;6-7,12,14H,5H2,1-4H3;6-7H,5H2,1-4H3;5,7H,4,6H2,1-3H3;5-6,15H,4H2,1-3H3;4H,1-3H3/b;;;;;9-5-;. The summed E-state index contributed by atoms with van der Waals surface area (Å²) in [6.45, 7) is 33.5. The molecule has 1 fully saturated rings. The Morgan fingerprint density at radius 3 is 1.39 bits per heavy atom. The van der Waals surface area contributed by atoms with Gasteiger partial charge in [0.15, 0.2) is 18.7 Å². The number of allylic oxidation sites excluding steroid dienone is 2. The molecular weight excluding hydrogens is 1710 g/mol. The minimum atomic E-state index is -0.961. The number of ether oxygens (including phenoxy) is 13. The minimum Gasteiger partial charge on any atom is -0.502 e. The molecule has 3 atom stereocenters. The first-order valence-corrected chi connectivity index (χ1v) is 42.2. The number of aryl methyl sites for hydroxylation is 5. The normalized spacial score (nSPS) is 15.5. The molecule has 5 aliphatic rings. The molecule has 714 valence electrons. The quantitative estimate of drug-likeness (QED) is 0.0114. The third kappa shape index (κ3) is 23.3. The number of methoxy groups -OCH3 is 7. The van der Waals surface area contributed by atoms with Gasteiger partial charge in [0.1, 0.15) is 28.3 Å². The number of nitrogens with zero attached hydrogens (tertiary/aromatic N) is 12. The summed E-state index contributed by atoms with van der Waals surface area (Å²) in [5.41, 5.74) is 16.8. The molecule has 40 heteroatoms. The largest absolute Gasteiger partial charge is 0.502 e. The van der Waals surface area contributed by atoms with Crippen molar-refractivity contribution < 1.29 is 115 Å². The van der Waals surface area contributed by atoms with Gasteiger partial charge >= 0.3 is 54.3 Å². The highest BCUT2D eigenvalue weighted by molar-refractivity contribution is 6.69. The number of aliphatic hydroxyl groups excluding tert-OH is 1. The summed E-state index contributed by atoms with van der Waals surface area (Å²) in [6, 6.07) is 7.38. The van der Waals surface area contributed by atoms with Gasteiger partial charge < -0.3 is 109 Å². The maximum Gasteiger partial charge on any atom is 0.497 e. The first kappa shape index (κ1) is 106. The first-order valence-electron chi connectivity index (χ1n) is 42.2. The van der Waals surface area contributed by atoms with Crippen molar-refractivity contribution in [3.63, 3.8) is 0 Å². The van der Waals surface area contributed by atoms with Gasteiger partial charge in [-0.15, -0.1) is 0 Å². The van der Waals surface area contributed by atoms with Gasteiger partial charge in [-0.3, -0.25) is 20.2 Å². The number of esters is 6. The van der Waals surface area contributed by atoms with E-state index in [2.05, 4.69) is 30.0 Å². The maximum atomic E-state index is 12.4. The number of hydrogen-bond acceptors (Lipinski definition) is 33. The highest BCUT2D eigenvalue weighted by Crippen LogP contribution is 2.46. The highest BCUT2D eigenvalue weighted by Gasteiger charge is 2.54. The summed E-state index contributed by atoms with van der Waals surface area (Å²) < 4.78 is 86.4. The van der Waals surface area contributed by atoms with Crippen molar-refractivity contribution in [2.24, 2.45) is 28.2 Å². The lowest BCUT2D eigenvalue weighted by atomic mass is 9.73. The Balaban J connectivity index is 0.000000212. The summed E-state index contributed by atoms with van der Waals surface area (Å²) in [5.74, 6) is -2.31. The fourth-order valence-corrected chi connectivity index (χ4v) is 14.8. The second-order valence-corrected chi connectivity index (χ2v) is 31.3. The monoisotopic (exact) mass is 1840 g/mol. The first-order chi connectivity index (χ1) is 62.4. The van der Waals surface area contributed by atoms with E-state index >= 15 is 0 Å².